The second-order valence-electron chi connectivity index (χ2n) is 8.81. The summed E-state index contributed by atoms with van der Waals surface area (Å²) < 4.78 is 6.41. The Bertz CT molecular complexity index is 1420. The Morgan fingerprint density at radius 3 is 2.59 bits per heavy atom. The van der Waals surface area contributed by atoms with E-state index < -0.39 is 5.60 Å². The number of aromatic nitrogens is 1. The topological polar surface area (TPSA) is 88.5 Å². The smallest absolute Gasteiger partial charge is 0.267 e. The molecule has 34 heavy (non-hydrogen) atoms. The van der Waals surface area contributed by atoms with Gasteiger partial charge in [0.15, 0.2) is 5.78 Å². The standard InChI is InChI=1S/C27H28N2O4S/c1-6-33-14-17-11-12-18(16(3)30)25-23(17)15(2)24(34-25)26(31)29-22-13-20(27(4,5)32)19-9-7-8-10-21(19)28-22/h7-13,32H,6,14H2,1-5H3,(H,28,29,31). The van der Waals surface area contributed by atoms with E-state index in [-0.39, 0.29) is 11.7 Å². The van der Waals surface area contributed by atoms with Gasteiger partial charge in [-0.1, -0.05) is 24.3 Å². The maximum atomic E-state index is 13.4. The van der Waals surface area contributed by atoms with E-state index in [0.717, 1.165) is 26.6 Å². The van der Waals surface area contributed by atoms with Gasteiger partial charge in [0, 0.05) is 27.6 Å². The van der Waals surface area contributed by atoms with Gasteiger partial charge in [-0.25, -0.2) is 4.98 Å². The number of para-hydroxylation sites is 1. The number of nitrogens with zero attached hydrogens (tertiary/aromatic N) is 1. The molecular formula is C27H28N2O4S. The van der Waals surface area contributed by atoms with Crippen molar-refractivity contribution in [3.8, 4) is 0 Å². The predicted molar refractivity (Wildman–Crippen MR) is 137 cm³/mol. The van der Waals surface area contributed by atoms with Gasteiger partial charge in [0.05, 0.1) is 22.6 Å². The highest BCUT2D eigenvalue weighted by Crippen LogP contribution is 2.37. The zero-order chi connectivity index (χ0) is 24.6. The van der Waals surface area contributed by atoms with E-state index >= 15 is 0 Å². The number of carbonyl (C=O) groups excluding carboxylic acids is 2. The quantitative estimate of drug-likeness (QED) is 0.321. The van der Waals surface area contributed by atoms with E-state index in [1.807, 2.05) is 44.2 Å². The number of nitrogens with one attached hydrogen (secondary N) is 1. The van der Waals surface area contributed by atoms with E-state index in [4.69, 9.17) is 4.74 Å². The molecule has 176 valence electrons. The highest BCUT2D eigenvalue weighted by atomic mass is 32.1. The second-order valence-corrected chi connectivity index (χ2v) is 9.83. The molecule has 4 aromatic rings. The third kappa shape index (κ3) is 4.46. The van der Waals surface area contributed by atoms with Crippen LogP contribution in [0.25, 0.3) is 21.0 Å². The van der Waals surface area contributed by atoms with Crippen molar-refractivity contribution >= 4 is 49.8 Å². The van der Waals surface area contributed by atoms with Crippen LogP contribution in [0.1, 0.15) is 64.4 Å². The molecule has 0 unspecified atom stereocenters. The first-order chi connectivity index (χ1) is 16.1. The monoisotopic (exact) mass is 476 g/mol. The molecule has 0 saturated carbocycles. The van der Waals surface area contributed by atoms with Crippen molar-refractivity contribution in [3.05, 3.63) is 69.6 Å². The number of aliphatic hydroxyl groups is 1. The molecule has 6 nitrogen and oxygen atoms in total. The Balaban J connectivity index is 1.80. The third-order valence-corrected chi connectivity index (χ3v) is 7.15. The number of pyridine rings is 1. The summed E-state index contributed by atoms with van der Waals surface area (Å²) in [5.74, 6) is 0.00577. The zero-order valence-electron chi connectivity index (χ0n) is 20.0. The summed E-state index contributed by atoms with van der Waals surface area (Å²) in [5.41, 5.74) is 2.60. The lowest BCUT2D eigenvalue weighted by atomic mass is 9.94. The van der Waals surface area contributed by atoms with Crippen LogP contribution in [-0.2, 0) is 16.9 Å². The Morgan fingerprint density at radius 2 is 1.91 bits per heavy atom. The first kappa shape index (κ1) is 24.0. The van der Waals surface area contributed by atoms with Crippen molar-refractivity contribution < 1.29 is 19.4 Å². The average molecular weight is 477 g/mol. The number of hydrogen-bond donors (Lipinski definition) is 2. The molecule has 2 aromatic carbocycles. The molecule has 0 bridgehead atoms. The lowest BCUT2D eigenvalue weighted by molar-refractivity contribution is 0.0801. The number of hydrogen-bond acceptors (Lipinski definition) is 6. The number of thiophene rings is 1. The molecule has 1 amide bonds. The summed E-state index contributed by atoms with van der Waals surface area (Å²) in [6.07, 6.45) is 0. The Morgan fingerprint density at radius 1 is 1.18 bits per heavy atom. The minimum absolute atomic E-state index is 0.0489. The van der Waals surface area contributed by atoms with Gasteiger partial charge in [0.2, 0.25) is 0 Å². The van der Waals surface area contributed by atoms with Gasteiger partial charge in [0.25, 0.3) is 5.91 Å². The number of ketones is 1. The van der Waals surface area contributed by atoms with Gasteiger partial charge in [-0.05, 0) is 69.5 Å². The number of fused-ring (bicyclic) bond motifs is 2. The fourth-order valence-electron chi connectivity index (χ4n) is 4.18. The van der Waals surface area contributed by atoms with E-state index in [1.54, 1.807) is 26.0 Å². The van der Waals surface area contributed by atoms with Crippen LogP contribution >= 0.6 is 11.3 Å². The van der Waals surface area contributed by atoms with Gasteiger partial charge in [-0.2, -0.15) is 0 Å². The fourth-order valence-corrected chi connectivity index (χ4v) is 5.49. The number of amides is 1. The zero-order valence-corrected chi connectivity index (χ0v) is 20.8. The summed E-state index contributed by atoms with van der Waals surface area (Å²) >= 11 is 1.30. The maximum Gasteiger partial charge on any atom is 0.267 e. The summed E-state index contributed by atoms with van der Waals surface area (Å²) in [7, 11) is 0. The van der Waals surface area contributed by atoms with Crippen molar-refractivity contribution in [1.29, 1.82) is 0 Å². The molecule has 0 aliphatic carbocycles. The van der Waals surface area contributed by atoms with Gasteiger partial charge >= 0.3 is 0 Å². The summed E-state index contributed by atoms with van der Waals surface area (Å²) in [6, 6.07) is 12.9. The molecular weight excluding hydrogens is 448 g/mol. The number of benzene rings is 2. The number of aryl methyl sites for hydroxylation is 1. The first-order valence-electron chi connectivity index (χ1n) is 11.2. The van der Waals surface area contributed by atoms with Crippen LogP contribution in [0.4, 0.5) is 5.82 Å². The minimum atomic E-state index is -1.11. The second kappa shape index (κ2) is 9.25. The fraction of sp³-hybridized carbons (Fsp3) is 0.296. The molecule has 0 aliphatic rings. The molecule has 4 rings (SSSR count). The highest BCUT2D eigenvalue weighted by molar-refractivity contribution is 7.21. The van der Waals surface area contributed by atoms with Crippen molar-refractivity contribution in [3.63, 3.8) is 0 Å². The van der Waals surface area contributed by atoms with Crippen LogP contribution in [0.2, 0.25) is 0 Å². The Kier molecular flexibility index (Phi) is 6.53. The molecule has 7 heteroatoms. The van der Waals surface area contributed by atoms with Gasteiger partial charge in [-0.15, -0.1) is 11.3 Å². The number of anilines is 1. The summed E-state index contributed by atoms with van der Waals surface area (Å²) in [6.45, 7) is 9.75. The van der Waals surface area contributed by atoms with Gasteiger partial charge in [0.1, 0.15) is 5.82 Å². The van der Waals surface area contributed by atoms with Crippen molar-refractivity contribution in [2.45, 2.75) is 46.8 Å². The minimum Gasteiger partial charge on any atom is -0.386 e. The molecule has 0 aliphatic heterocycles. The van der Waals surface area contributed by atoms with E-state index in [0.29, 0.717) is 40.6 Å². The summed E-state index contributed by atoms with van der Waals surface area (Å²) in [5, 5.41) is 15.3. The Labute approximate surface area is 202 Å². The maximum absolute atomic E-state index is 13.4. The largest absolute Gasteiger partial charge is 0.386 e. The van der Waals surface area contributed by atoms with Crippen LogP contribution in [0.3, 0.4) is 0 Å². The van der Waals surface area contributed by atoms with Crippen molar-refractivity contribution in [2.75, 3.05) is 11.9 Å². The third-order valence-electron chi connectivity index (χ3n) is 5.83. The van der Waals surface area contributed by atoms with Gasteiger partial charge in [-0.3, -0.25) is 9.59 Å². The van der Waals surface area contributed by atoms with Crippen LogP contribution < -0.4 is 5.32 Å². The molecule has 0 spiro atoms. The van der Waals surface area contributed by atoms with Crippen molar-refractivity contribution in [1.82, 2.24) is 4.98 Å². The number of rotatable bonds is 7. The lowest BCUT2D eigenvalue weighted by Gasteiger charge is -2.21. The molecule has 0 radical (unpaired) electrons. The molecule has 0 atom stereocenters. The number of carbonyl (C=O) groups is 2. The number of Topliss-reactive ketones (excluding diaryl/α,β-unsaturated/α-hetero) is 1. The molecule has 0 saturated heterocycles. The SMILES string of the molecule is CCOCc1ccc(C(C)=O)c2sc(C(=O)Nc3cc(C(C)(C)O)c4ccccc4n3)c(C)c12. The lowest BCUT2D eigenvalue weighted by Crippen LogP contribution is -2.18. The number of ether oxygens (including phenoxy) is 1. The molecule has 0 fully saturated rings. The average Bonchev–Trinajstić information content (AvgIpc) is 3.13. The predicted octanol–water partition coefficient (Wildman–Crippen LogP) is 5.98. The summed E-state index contributed by atoms with van der Waals surface area (Å²) in [4.78, 5) is 30.8. The van der Waals surface area contributed by atoms with E-state index in [1.165, 1.54) is 18.3 Å². The van der Waals surface area contributed by atoms with Crippen LogP contribution in [0.15, 0.2) is 42.5 Å². The van der Waals surface area contributed by atoms with E-state index in [2.05, 4.69) is 10.3 Å². The van der Waals surface area contributed by atoms with Crippen molar-refractivity contribution in [2.24, 2.45) is 0 Å². The van der Waals surface area contributed by atoms with E-state index in [9.17, 15) is 14.7 Å². The molecule has 2 N–H and O–H groups in total. The Hall–Kier alpha value is -3.13. The van der Waals surface area contributed by atoms with Crippen LogP contribution in [0.5, 0.6) is 0 Å². The van der Waals surface area contributed by atoms with Gasteiger partial charge < -0.3 is 15.2 Å². The molecule has 2 aromatic heterocycles. The van der Waals surface area contributed by atoms with Crippen LogP contribution in [0, 0.1) is 6.92 Å². The normalized spacial score (nSPS) is 11.8. The highest BCUT2D eigenvalue weighted by Gasteiger charge is 2.24. The van der Waals surface area contributed by atoms with Crippen LogP contribution in [-0.4, -0.2) is 28.4 Å². The first-order valence-corrected chi connectivity index (χ1v) is 12.0. The molecule has 2 heterocycles.